The van der Waals surface area contributed by atoms with Gasteiger partial charge in [-0.05, 0) is 18.9 Å². The smallest absolute Gasteiger partial charge is 0.321 e. The van der Waals surface area contributed by atoms with Crippen LogP contribution in [0.15, 0.2) is 12.3 Å². The minimum atomic E-state index is -3.38. The molecule has 1 aromatic heterocycles. The van der Waals surface area contributed by atoms with E-state index in [0.717, 1.165) is 0 Å². The van der Waals surface area contributed by atoms with E-state index in [1.807, 2.05) is 0 Å². The summed E-state index contributed by atoms with van der Waals surface area (Å²) < 4.78 is 30.1. The number of hydrogen-bond donors (Lipinski definition) is 1. The topological polar surface area (TPSA) is 98.2 Å². The highest BCUT2D eigenvalue weighted by Crippen LogP contribution is 2.28. The van der Waals surface area contributed by atoms with Crippen molar-refractivity contribution in [2.45, 2.75) is 24.5 Å². The van der Waals surface area contributed by atoms with Crippen LogP contribution in [0.5, 0.6) is 0 Å². The molecule has 0 spiro atoms. The van der Waals surface area contributed by atoms with Crippen LogP contribution in [0.4, 0.5) is 5.95 Å². The molecule has 0 saturated heterocycles. The van der Waals surface area contributed by atoms with Crippen molar-refractivity contribution < 1.29 is 16.3 Å². The lowest BCUT2D eigenvalue weighted by atomic mass is 10.3. The van der Waals surface area contributed by atoms with Gasteiger partial charge in [0.25, 0.3) is 0 Å². The van der Waals surface area contributed by atoms with Crippen molar-refractivity contribution in [1.29, 1.82) is 0 Å². The molecule has 0 radical (unpaired) electrons. The van der Waals surface area contributed by atoms with E-state index >= 15 is 0 Å². The van der Waals surface area contributed by atoms with Crippen LogP contribution < -0.4 is 4.72 Å². The molecule has 9 heteroatoms. The summed E-state index contributed by atoms with van der Waals surface area (Å²) >= 11 is 1.48. The summed E-state index contributed by atoms with van der Waals surface area (Å²) in [6.07, 6.45) is 2.70. The zero-order chi connectivity index (χ0) is 13.2. The predicted molar refractivity (Wildman–Crippen MR) is 71.4 cm³/mol. The van der Waals surface area contributed by atoms with Gasteiger partial charge < -0.3 is 3.07 Å². The summed E-state index contributed by atoms with van der Waals surface area (Å²) in [5, 5.41) is -0.343. The van der Waals surface area contributed by atoms with Crippen LogP contribution in [0.1, 0.15) is 18.5 Å². The predicted octanol–water partition coefficient (Wildman–Crippen LogP) is 0.816. The van der Waals surface area contributed by atoms with Gasteiger partial charge in [0.15, 0.2) is 23.0 Å². The fourth-order valence-electron chi connectivity index (χ4n) is 1.31. The number of aromatic nitrogens is 2. The van der Waals surface area contributed by atoms with E-state index in [1.54, 1.807) is 0 Å². The second-order valence-corrected chi connectivity index (χ2v) is 6.25. The number of carbonyl (C=O) groups is 1. The molecule has 98 valence electrons. The maximum Gasteiger partial charge on any atom is 0.321 e. The van der Waals surface area contributed by atoms with Crippen LogP contribution >= 0.6 is 23.0 Å². The number of hydrogen-bond acceptors (Lipinski definition) is 6. The molecule has 0 amide bonds. The van der Waals surface area contributed by atoms with E-state index in [0.29, 0.717) is 18.5 Å². The van der Waals surface area contributed by atoms with E-state index in [-0.39, 0.29) is 17.6 Å². The lowest BCUT2D eigenvalue weighted by molar-refractivity contribution is -0.130. The van der Waals surface area contributed by atoms with Crippen LogP contribution in [0.25, 0.3) is 0 Å². The molecule has 18 heavy (non-hydrogen) atoms. The number of nitrogens with one attached hydrogen (secondary N) is 1. The van der Waals surface area contributed by atoms with Crippen LogP contribution in [0.2, 0.25) is 0 Å². The number of halogens is 1. The summed E-state index contributed by atoms with van der Waals surface area (Å²) in [4.78, 5) is 18.8. The first-order valence-corrected chi connectivity index (χ1v) is 7.59. The van der Waals surface area contributed by atoms with Crippen molar-refractivity contribution in [3.05, 3.63) is 18.0 Å². The average Bonchev–Trinajstić information content (AvgIpc) is 3.12. The van der Waals surface area contributed by atoms with Gasteiger partial charge in [0.05, 0.1) is 17.4 Å². The first-order valence-electron chi connectivity index (χ1n) is 5.16. The molecule has 1 aliphatic rings. The number of sulfonamides is 1. The Morgan fingerprint density at radius 3 is 2.89 bits per heavy atom. The van der Waals surface area contributed by atoms with Crippen LogP contribution in [-0.4, -0.2) is 29.6 Å². The third-order valence-electron chi connectivity index (χ3n) is 2.32. The molecule has 1 aromatic rings. The lowest BCUT2D eigenvalue weighted by Crippen LogP contribution is -2.19. The number of carbonyl (C=O) groups excluding carboxylic acids is 1. The highest BCUT2D eigenvalue weighted by Gasteiger charge is 2.36. The normalized spacial score (nSPS) is 15.2. The average molecular weight is 383 g/mol. The van der Waals surface area contributed by atoms with Gasteiger partial charge in [0.2, 0.25) is 16.0 Å². The molecular weight excluding hydrogens is 373 g/mol. The Hall–Kier alpha value is -0.970. The fourth-order valence-corrected chi connectivity index (χ4v) is 2.74. The minimum absolute atomic E-state index is 0.0133. The highest BCUT2D eigenvalue weighted by molar-refractivity contribution is 14.1. The molecule has 7 nitrogen and oxygen atoms in total. The number of nitrogens with zero attached hydrogens (tertiary/aromatic N) is 2. The van der Waals surface area contributed by atoms with Gasteiger partial charge in [-0.25, -0.2) is 18.4 Å². The fraction of sp³-hybridized carbons (Fsp3) is 0.444. The first kappa shape index (κ1) is 13.5. The van der Waals surface area contributed by atoms with Crippen molar-refractivity contribution >= 4 is 44.9 Å². The molecule has 1 saturated carbocycles. The Labute approximate surface area is 118 Å². The maximum atomic E-state index is 11.7. The first-order chi connectivity index (χ1) is 8.51. The Bertz CT molecular complexity index is 559. The van der Waals surface area contributed by atoms with Gasteiger partial charge in [-0.1, -0.05) is 0 Å². The van der Waals surface area contributed by atoms with E-state index in [4.69, 9.17) is 0 Å². The highest BCUT2D eigenvalue weighted by atomic mass is 127. The van der Waals surface area contributed by atoms with Crippen molar-refractivity contribution in [3.63, 3.8) is 0 Å². The van der Waals surface area contributed by atoms with Gasteiger partial charge in [-0.3, -0.25) is 9.52 Å². The van der Waals surface area contributed by atoms with Gasteiger partial charge in [-0.2, -0.15) is 0 Å². The van der Waals surface area contributed by atoms with Crippen LogP contribution in [0.3, 0.4) is 0 Å². The van der Waals surface area contributed by atoms with Gasteiger partial charge in [0.1, 0.15) is 0 Å². The van der Waals surface area contributed by atoms with Gasteiger partial charge >= 0.3 is 5.97 Å². The quantitative estimate of drug-likeness (QED) is 0.756. The van der Waals surface area contributed by atoms with Crippen molar-refractivity contribution in [1.82, 2.24) is 9.97 Å². The van der Waals surface area contributed by atoms with Crippen LogP contribution in [0, 0.1) is 0 Å². The SMILES string of the molecule is O=C(Cc1ccnc(NS(=O)(=O)C2CC2)n1)OI. The van der Waals surface area contributed by atoms with Crippen molar-refractivity contribution in [2.75, 3.05) is 4.72 Å². The summed E-state index contributed by atoms with van der Waals surface area (Å²) in [5.41, 5.74) is 0.403. The molecule has 0 aliphatic heterocycles. The Morgan fingerprint density at radius 1 is 1.56 bits per heavy atom. The lowest BCUT2D eigenvalue weighted by Gasteiger charge is -2.05. The molecule has 1 aliphatic carbocycles. The summed E-state index contributed by atoms with van der Waals surface area (Å²) in [5.74, 6) is -0.467. The molecule has 1 N–H and O–H groups in total. The second kappa shape index (κ2) is 5.34. The molecule has 0 atom stereocenters. The Kier molecular flexibility index (Phi) is 4.00. The van der Waals surface area contributed by atoms with E-state index < -0.39 is 16.0 Å². The molecule has 1 heterocycles. The van der Waals surface area contributed by atoms with Gasteiger partial charge in [-0.15, -0.1) is 0 Å². The molecule has 0 unspecified atom stereocenters. The largest absolute Gasteiger partial charge is 0.394 e. The monoisotopic (exact) mass is 383 g/mol. The summed E-state index contributed by atoms with van der Waals surface area (Å²) in [6, 6.07) is 1.53. The molecule has 0 aromatic carbocycles. The maximum absolute atomic E-state index is 11.7. The van der Waals surface area contributed by atoms with Crippen LogP contribution in [-0.2, 0) is 24.3 Å². The number of anilines is 1. The van der Waals surface area contributed by atoms with E-state index in [2.05, 4.69) is 17.8 Å². The molecule has 0 bridgehead atoms. The molecule has 2 rings (SSSR count). The standard InChI is InChI=1S/C9H10IN3O4S/c10-17-8(14)5-6-3-4-11-9(12-6)13-18(15,16)7-1-2-7/h3-4,7H,1-2,5H2,(H,11,12,13). The summed E-state index contributed by atoms with van der Waals surface area (Å²) in [6.45, 7) is 0. The van der Waals surface area contributed by atoms with E-state index in [9.17, 15) is 13.2 Å². The third-order valence-corrected chi connectivity index (χ3v) is 4.63. The third kappa shape index (κ3) is 3.51. The Morgan fingerprint density at radius 2 is 2.28 bits per heavy atom. The second-order valence-electron chi connectivity index (χ2n) is 3.84. The minimum Gasteiger partial charge on any atom is -0.394 e. The van der Waals surface area contributed by atoms with Crippen molar-refractivity contribution in [3.8, 4) is 0 Å². The molecular formula is C9H10IN3O4S. The molecule has 1 fully saturated rings. The summed E-state index contributed by atoms with van der Waals surface area (Å²) in [7, 11) is -3.38. The van der Waals surface area contributed by atoms with Crippen molar-refractivity contribution in [2.24, 2.45) is 0 Å². The zero-order valence-corrected chi connectivity index (χ0v) is 12.1. The van der Waals surface area contributed by atoms with E-state index in [1.165, 1.54) is 35.3 Å². The van der Waals surface area contributed by atoms with Gasteiger partial charge in [0, 0.05) is 6.20 Å². The number of rotatable bonds is 5. The zero-order valence-electron chi connectivity index (χ0n) is 9.17. The Balaban J connectivity index is 2.09.